The molecule has 0 heterocycles. The van der Waals surface area contributed by atoms with Gasteiger partial charge in [-0.05, 0) is 12.8 Å². The van der Waals surface area contributed by atoms with Crippen LogP contribution in [-0.2, 0) is 19.2 Å². The van der Waals surface area contributed by atoms with Crippen molar-refractivity contribution in [2.24, 2.45) is 11.8 Å². The van der Waals surface area contributed by atoms with E-state index in [4.69, 9.17) is 10.2 Å². The van der Waals surface area contributed by atoms with Crippen molar-refractivity contribution in [2.75, 3.05) is 0 Å². The molecule has 3 atom stereocenters. The van der Waals surface area contributed by atoms with Crippen molar-refractivity contribution in [3.63, 3.8) is 0 Å². The van der Waals surface area contributed by atoms with Crippen LogP contribution in [0.15, 0.2) is 0 Å². The van der Waals surface area contributed by atoms with Crippen LogP contribution in [0, 0.1) is 11.8 Å². The summed E-state index contributed by atoms with van der Waals surface area (Å²) in [5.74, 6) is -4.08. The fourth-order valence-electron chi connectivity index (χ4n) is 1.79. The van der Waals surface area contributed by atoms with E-state index in [9.17, 15) is 19.2 Å². The van der Waals surface area contributed by atoms with Gasteiger partial charge in [-0.2, -0.15) is 0 Å². The van der Waals surface area contributed by atoms with E-state index in [1.165, 1.54) is 13.3 Å². The maximum absolute atomic E-state index is 11.9. The smallest absolute Gasteiger partial charge is 0.326 e. The molecule has 7 heteroatoms. The highest BCUT2D eigenvalue weighted by Gasteiger charge is 2.25. The lowest BCUT2D eigenvalue weighted by molar-refractivity contribution is -0.144. The first kappa shape index (κ1) is 24.3. The van der Waals surface area contributed by atoms with Gasteiger partial charge in [0.2, 0.25) is 5.91 Å². The topological polar surface area (TPSA) is 121 Å². The average Bonchev–Trinajstić information content (AvgIpc) is 2.50. The van der Waals surface area contributed by atoms with Gasteiger partial charge >= 0.3 is 11.9 Å². The molecule has 2 unspecified atom stereocenters. The molecule has 0 spiro atoms. The van der Waals surface area contributed by atoms with E-state index in [2.05, 4.69) is 19.2 Å². The van der Waals surface area contributed by atoms with Gasteiger partial charge in [-0.1, -0.05) is 41.0 Å². The Morgan fingerprint density at radius 3 is 1.79 bits per heavy atom. The van der Waals surface area contributed by atoms with Gasteiger partial charge in [0.25, 0.3) is 0 Å². The second-order valence-electron chi connectivity index (χ2n) is 5.91. The van der Waals surface area contributed by atoms with Crippen LogP contribution in [0.5, 0.6) is 0 Å². The van der Waals surface area contributed by atoms with Gasteiger partial charge in [0.15, 0.2) is 0 Å². The summed E-state index contributed by atoms with van der Waals surface area (Å²) >= 11 is 0. The predicted molar refractivity (Wildman–Crippen MR) is 90.6 cm³/mol. The van der Waals surface area contributed by atoms with E-state index in [1.54, 1.807) is 13.8 Å². The Hall–Kier alpha value is -1.92. The molecule has 1 amide bonds. The second-order valence-corrected chi connectivity index (χ2v) is 5.91. The third kappa shape index (κ3) is 11.6. The van der Waals surface area contributed by atoms with Gasteiger partial charge in [0.1, 0.15) is 11.8 Å². The Balaban J connectivity index is 0. The molecule has 0 aromatic rings. The quantitative estimate of drug-likeness (QED) is 0.559. The third-order valence-corrected chi connectivity index (χ3v) is 3.30. The standard InChI is InChI=1S/C14H23NO6.C3H8/c1-4-10(16)5-6-11(14(20)21)15-12(17)8(2)7-9(3)13(18)19;1-3-2/h8-9,11H,4-7H2,1-3H3,(H,15,17)(H,18,19)(H,20,21);3H2,1-2H3/t8?,9?,11-;/m0./s1. The largest absolute Gasteiger partial charge is 0.481 e. The molecule has 0 radical (unpaired) electrons. The highest BCUT2D eigenvalue weighted by atomic mass is 16.4. The lowest BCUT2D eigenvalue weighted by atomic mass is 9.96. The second kappa shape index (κ2) is 13.5. The number of nitrogens with one attached hydrogen (secondary N) is 1. The maximum Gasteiger partial charge on any atom is 0.326 e. The molecular weight excluding hydrogens is 314 g/mol. The van der Waals surface area contributed by atoms with Gasteiger partial charge in [0.05, 0.1) is 5.92 Å². The number of carboxylic acids is 2. The van der Waals surface area contributed by atoms with Crippen LogP contribution in [0.2, 0.25) is 0 Å². The van der Waals surface area contributed by atoms with Crippen LogP contribution in [0.25, 0.3) is 0 Å². The van der Waals surface area contributed by atoms with Gasteiger partial charge < -0.3 is 15.5 Å². The van der Waals surface area contributed by atoms with Gasteiger partial charge in [-0.25, -0.2) is 4.79 Å². The summed E-state index contributed by atoms with van der Waals surface area (Å²) in [5, 5.41) is 20.2. The number of carboxylic acid groups (broad SMARTS) is 2. The minimum absolute atomic E-state index is 0.0367. The maximum atomic E-state index is 11.9. The molecule has 3 N–H and O–H groups in total. The molecule has 0 aliphatic heterocycles. The number of rotatable bonds is 10. The van der Waals surface area contributed by atoms with Gasteiger partial charge in [-0.15, -0.1) is 0 Å². The van der Waals surface area contributed by atoms with Crippen LogP contribution in [0.3, 0.4) is 0 Å². The molecule has 140 valence electrons. The fourth-order valence-corrected chi connectivity index (χ4v) is 1.79. The zero-order chi connectivity index (χ0) is 19.3. The number of carbonyl (C=O) groups is 4. The van der Waals surface area contributed by atoms with Crippen molar-refractivity contribution in [2.45, 2.75) is 72.8 Å². The highest BCUT2D eigenvalue weighted by molar-refractivity contribution is 5.86. The zero-order valence-corrected chi connectivity index (χ0v) is 15.3. The summed E-state index contributed by atoms with van der Waals surface area (Å²) in [7, 11) is 0. The summed E-state index contributed by atoms with van der Waals surface area (Å²) in [6.07, 6.45) is 1.83. The normalized spacial score (nSPS) is 13.7. The number of amides is 1. The molecule has 0 fully saturated rings. The van der Waals surface area contributed by atoms with Gasteiger partial charge in [0, 0.05) is 18.8 Å². The number of hydrogen-bond acceptors (Lipinski definition) is 4. The Morgan fingerprint density at radius 1 is 0.917 bits per heavy atom. The molecule has 24 heavy (non-hydrogen) atoms. The molecular formula is C17H31NO6. The summed E-state index contributed by atoms with van der Waals surface area (Å²) in [6.45, 7) is 8.97. The Labute approximate surface area is 143 Å². The predicted octanol–water partition coefficient (Wildman–Crippen LogP) is 2.48. The lowest BCUT2D eigenvalue weighted by Gasteiger charge is -2.18. The first-order valence-corrected chi connectivity index (χ1v) is 8.38. The molecule has 7 nitrogen and oxygen atoms in total. The molecule has 0 aromatic carbocycles. The van der Waals surface area contributed by atoms with E-state index in [-0.39, 0.29) is 25.0 Å². The third-order valence-electron chi connectivity index (χ3n) is 3.30. The van der Waals surface area contributed by atoms with Crippen LogP contribution in [-0.4, -0.2) is 39.9 Å². The van der Waals surface area contributed by atoms with E-state index in [0.717, 1.165) is 0 Å². The highest BCUT2D eigenvalue weighted by Crippen LogP contribution is 2.13. The van der Waals surface area contributed by atoms with E-state index < -0.39 is 35.7 Å². The van der Waals surface area contributed by atoms with Crippen molar-refractivity contribution in [1.82, 2.24) is 5.32 Å². The number of ketones is 1. The monoisotopic (exact) mass is 345 g/mol. The van der Waals surface area contributed by atoms with E-state index in [0.29, 0.717) is 6.42 Å². The average molecular weight is 345 g/mol. The van der Waals surface area contributed by atoms with Crippen LogP contribution in [0.4, 0.5) is 0 Å². The van der Waals surface area contributed by atoms with Crippen LogP contribution >= 0.6 is 0 Å². The molecule has 0 saturated heterocycles. The molecule has 0 bridgehead atoms. The molecule has 0 aliphatic carbocycles. The molecule has 0 saturated carbocycles. The summed E-state index contributed by atoms with van der Waals surface area (Å²) in [4.78, 5) is 44.9. The molecule has 0 aliphatic rings. The number of hydrogen-bond donors (Lipinski definition) is 3. The number of aliphatic carboxylic acids is 2. The van der Waals surface area contributed by atoms with E-state index >= 15 is 0 Å². The first-order chi connectivity index (χ1) is 11.1. The minimum atomic E-state index is -1.20. The van der Waals surface area contributed by atoms with Crippen molar-refractivity contribution >= 4 is 23.6 Å². The van der Waals surface area contributed by atoms with Crippen LogP contribution in [0.1, 0.15) is 66.7 Å². The van der Waals surface area contributed by atoms with Crippen molar-refractivity contribution in [3.8, 4) is 0 Å². The molecule has 0 aromatic heterocycles. The van der Waals surface area contributed by atoms with Crippen molar-refractivity contribution < 1.29 is 29.4 Å². The zero-order valence-electron chi connectivity index (χ0n) is 15.3. The Bertz CT molecular complexity index is 421. The summed E-state index contributed by atoms with van der Waals surface area (Å²) < 4.78 is 0. The van der Waals surface area contributed by atoms with Crippen LogP contribution < -0.4 is 5.32 Å². The summed E-state index contributed by atoms with van der Waals surface area (Å²) in [6, 6.07) is -1.13. The minimum Gasteiger partial charge on any atom is -0.481 e. The molecule has 0 rings (SSSR count). The number of carbonyl (C=O) groups excluding carboxylic acids is 2. The number of Topliss-reactive ketones (excluding diaryl/α,β-unsaturated/α-hetero) is 1. The SMILES string of the molecule is CCC.CCC(=O)CC[C@H](NC(=O)C(C)CC(C)C(=O)O)C(=O)O. The Kier molecular flexibility index (Phi) is 13.7. The first-order valence-electron chi connectivity index (χ1n) is 8.38. The van der Waals surface area contributed by atoms with Gasteiger partial charge in [-0.3, -0.25) is 14.4 Å². The van der Waals surface area contributed by atoms with E-state index in [1.807, 2.05) is 0 Å². The fraction of sp³-hybridized carbons (Fsp3) is 0.765. The van der Waals surface area contributed by atoms with Crippen molar-refractivity contribution in [1.29, 1.82) is 0 Å². The Morgan fingerprint density at radius 2 is 1.42 bits per heavy atom. The lowest BCUT2D eigenvalue weighted by Crippen LogP contribution is -2.43. The van der Waals surface area contributed by atoms with Crippen molar-refractivity contribution in [3.05, 3.63) is 0 Å². The summed E-state index contributed by atoms with van der Waals surface area (Å²) in [5.41, 5.74) is 0.